The molecule has 1 aromatic carbocycles. The maximum Gasteiger partial charge on any atom is 0.412 e. The molecule has 0 aliphatic heterocycles. The van der Waals surface area contributed by atoms with Crippen molar-refractivity contribution in [3.8, 4) is 0 Å². The van der Waals surface area contributed by atoms with Crippen molar-refractivity contribution in [2.75, 3.05) is 19.0 Å². The highest BCUT2D eigenvalue weighted by atomic mass is 16.6. The van der Waals surface area contributed by atoms with Crippen molar-refractivity contribution < 1.29 is 28.7 Å². The summed E-state index contributed by atoms with van der Waals surface area (Å²) in [7, 11) is 3.02. The van der Waals surface area contributed by atoms with E-state index in [4.69, 9.17) is 15.2 Å². The maximum absolute atomic E-state index is 13.2. The summed E-state index contributed by atoms with van der Waals surface area (Å²) >= 11 is 0. The number of carbonyl (C=O) groups is 4. The number of benzene rings is 1. The third-order valence-electron chi connectivity index (χ3n) is 4.93. The fraction of sp³-hybridized carbons (Fsp3) is 0.391. The van der Waals surface area contributed by atoms with Crippen LogP contribution in [-0.4, -0.2) is 67.4 Å². The van der Waals surface area contributed by atoms with Gasteiger partial charge in [0.05, 0.1) is 31.2 Å². The quantitative estimate of drug-likeness (QED) is 0.439. The Kier molecular flexibility index (Phi) is 7.61. The van der Waals surface area contributed by atoms with Crippen LogP contribution in [0.4, 0.5) is 10.5 Å². The number of aromatic nitrogens is 4. The first-order valence-electron chi connectivity index (χ1n) is 11.0. The van der Waals surface area contributed by atoms with Crippen LogP contribution in [0.25, 0.3) is 10.9 Å². The van der Waals surface area contributed by atoms with Crippen molar-refractivity contribution in [2.45, 2.75) is 39.5 Å². The van der Waals surface area contributed by atoms with Crippen molar-refractivity contribution >= 4 is 40.5 Å². The lowest BCUT2D eigenvalue weighted by Crippen LogP contribution is -2.38. The van der Waals surface area contributed by atoms with E-state index in [0.29, 0.717) is 22.3 Å². The summed E-state index contributed by atoms with van der Waals surface area (Å²) in [6.45, 7) is 4.70. The number of methoxy groups -OCH3 is 1. The Hall–Kier alpha value is -4.42. The minimum absolute atomic E-state index is 0.0700. The zero-order chi connectivity index (χ0) is 26.6. The highest BCUT2D eigenvalue weighted by Crippen LogP contribution is 2.24. The van der Waals surface area contributed by atoms with E-state index in [1.54, 1.807) is 57.0 Å². The average molecular weight is 500 g/mol. The minimum atomic E-state index is -0.805. The van der Waals surface area contributed by atoms with Crippen LogP contribution in [-0.2, 0) is 39.2 Å². The van der Waals surface area contributed by atoms with E-state index in [9.17, 15) is 19.2 Å². The van der Waals surface area contributed by atoms with Gasteiger partial charge >= 0.3 is 12.1 Å². The maximum atomic E-state index is 13.2. The molecule has 0 bridgehead atoms. The molecule has 36 heavy (non-hydrogen) atoms. The highest BCUT2D eigenvalue weighted by molar-refractivity contribution is 6.05. The van der Waals surface area contributed by atoms with E-state index < -0.39 is 29.5 Å². The molecule has 0 spiro atoms. The number of primary amides is 1. The van der Waals surface area contributed by atoms with Gasteiger partial charge in [-0.2, -0.15) is 5.10 Å². The third kappa shape index (κ3) is 6.58. The van der Waals surface area contributed by atoms with Gasteiger partial charge in [0.15, 0.2) is 5.69 Å². The molecule has 192 valence electrons. The molecule has 0 aliphatic carbocycles. The Morgan fingerprint density at radius 1 is 1.19 bits per heavy atom. The summed E-state index contributed by atoms with van der Waals surface area (Å²) in [5.41, 5.74) is 6.11. The van der Waals surface area contributed by atoms with Crippen LogP contribution in [0.1, 0.15) is 37.0 Å². The van der Waals surface area contributed by atoms with Gasteiger partial charge in [-0.1, -0.05) is 0 Å². The number of imidazole rings is 1. The number of nitrogens with one attached hydrogen (secondary N) is 1. The first-order chi connectivity index (χ1) is 16.9. The molecule has 0 fully saturated rings. The number of hydrogen-bond acceptors (Lipinski definition) is 8. The van der Waals surface area contributed by atoms with Crippen LogP contribution >= 0.6 is 0 Å². The fourth-order valence-electron chi connectivity index (χ4n) is 3.41. The molecule has 13 nitrogen and oxygen atoms in total. The molecule has 3 rings (SSSR count). The molecule has 2 heterocycles. The van der Waals surface area contributed by atoms with Crippen molar-refractivity contribution in [1.29, 1.82) is 0 Å². The molecule has 3 N–H and O–H groups in total. The van der Waals surface area contributed by atoms with Crippen molar-refractivity contribution in [1.82, 2.24) is 24.2 Å². The standard InChI is InChI=1S/C23H29N7O6/c1-23(2,3)36-22(34)26-14-6-7-17-16(8-14)20(21(24)33)27-30(17)11-18(31)29(12-19(32)35-5)10-15-9-28(4)13-25-15/h6-9,13H,10-12H2,1-5H3,(H2,24,33)(H,26,34). The van der Waals surface area contributed by atoms with Crippen LogP contribution in [0.15, 0.2) is 30.7 Å². The normalized spacial score (nSPS) is 11.2. The van der Waals surface area contributed by atoms with Crippen molar-refractivity contribution in [3.05, 3.63) is 42.1 Å². The van der Waals surface area contributed by atoms with Gasteiger partial charge in [-0.3, -0.25) is 24.4 Å². The summed E-state index contributed by atoms with van der Waals surface area (Å²) in [6.07, 6.45) is 2.64. The van der Waals surface area contributed by atoms with E-state index in [2.05, 4.69) is 15.4 Å². The Bertz CT molecular complexity index is 1300. The van der Waals surface area contributed by atoms with Crippen molar-refractivity contribution in [3.63, 3.8) is 0 Å². The minimum Gasteiger partial charge on any atom is -0.468 e. The van der Waals surface area contributed by atoms with Gasteiger partial charge in [-0.25, -0.2) is 9.78 Å². The second-order valence-corrected chi connectivity index (χ2v) is 9.09. The number of amides is 3. The Morgan fingerprint density at radius 3 is 2.50 bits per heavy atom. The second kappa shape index (κ2) is 10.5. The predicted octanol–water partition coefficient (Wildman–Crippen LogP) is 1.42. The smallest absolute Gasteiger partial charge is 0.412 e. The molecule has 0 unspecified atom stereocenters. The molecule has 3 aromatic rings. The zero-order valence-corrected chi connectivity index (χ0v) is 20.8. The Labute approximate surface area is 207 Å². The van der Waals surface area contributed by atoms with Crippen LogP contribution in [0.5, 0.6) is 0 Å². The molecule has 0 saturated carbocycles. The van der Waals surface area contributed by atoms with Crippen LogP contribution in [0, 0.1) is 0 Å². The molecular weight excluding hydrogens is 470 g/mol. The van der Waals surface area contributed by atoms with E-state index >= 15 is 0 Å². The van der Waals surface area contributed by atoms with Gasteiger partial charge < -0.3 is 24.7 Å². The lowest BCUT2D eigenvalue weighted by molar-refractivity contribution is -0.147. The number of nitrogens with two attached hydrogens (primary N) is 1. The van der Waals surface area contributed by atoms with Gasteiger partial charge in [0, 0.05) is 24.3 Å². The van der Waals surface area contributed by atoms with E-state index in [1.165, 1.54) is 22.8 Å². The number of anilines is 1. The monoisotopic (exact) mass is 499 g/mol. The Balaban J connectivity index is 1.88. The van der Waals surface area contributed by atoms with Crippen LogP contribution in [0.2, 0.25) is 0 Å². The molecule has 3 amide bonds. The SMILES string of the molecule is COC(=O)CN(Cc1cn(C)cn1)C(=O)Cn1nc(C(N)=O)c2cc(NC(=O)OC(C)(C)C)ccc21. The number of ether oxygens (including phenoxy) is 2. The van der Waals surface area contributed by atoms with E-state index in [1.807, 2.05) is 0 Å². The average Bonchev–Trinajstić information content (AvgIpc) is 3.34. The molecule has 0 saturated heterocycles. The Morgan fingerprint density at radius 2 is 1.92 bits per heavy atom. The number of fused-ring (bicyclic) bond motifs is 1. The highest BCUT2D eigenvalue weighted by Gasteiger charge is 2.23. The number of esters is 1. The molecular formula is C23H29N7O6. The first kappa shape index (κ1) is 26.2. The first-order valence-corrected chi connectivity index (χ1v) is 11.0. The van der Waals surface area contributed by atoms with Gasteiger partial charge in [0.2, 0.25) is 5.91 Å². The van der Waals surface area contributed by atoms with E-state index in [0.717, 1.165) is 0 Å². The summed E-state index contributed by atoms with van der Waals surface area (Å²) in [4.78, 5) is 54.8. The number of hydrogen-bond donors (Lipinski definition) is 2. The van der Waals surface area contributed by atoms with Crippen LogP contribution < -0.4 is 11.1 Å². The fourth-order valence-corrected chi connectivity index (χ4v) is 3.41. The summed E-state index contributed by atoms with van der Waals surface area (Å²) < 4.78 is 13.0. The van der Waals surface area contributed by atoms with E-state index in [-0.39, 0.29) is 25.3 Å². The molecule has 0 aliphatic rings. The molecule has 13 heteroatoms. The number of carbonyl (C=O) groups excluding carboxylic acids is 4. The van der Waals surface area contributed by atoms with Gasteiger partial charge in [-0.05, 0) is 39.0 Å². The lowest BCUT2D eigenvalue weighted by Gasteiger charge is -2.20. The van der Waals surface area contributed by atoms with Gasteiger partial charge in [0.1, 0.15) is 18.7 Å². The predicted molar refractivity (Wildman–Crippen MR) is 129 cm³/mol. The van der Waals surface area contributed by atoms with Crippen LogP contribution in [0.3, 0.4) is 0 Å². The number of rotatable bonds is 8. The lowest BCUT2D eigenvalue weighted by atomic mass is 10.2. The van der Waals surface area contributed by atoms with Crippen molar-refractivity contribution in [2.24, 2.45) is 12.8 Å². The van der Waals surface area contributed by atoms with Gasteiger partial charge in [-0.15, -0.1) is 0 Å². The second-order valence-electron chi connectivity index (χ2n) is 9.09. The summed E-state index contributed by atoms with van der Waals surface area (Å²) in [5, 5.41) is 7.15. The summed E-state index contributed by atoms with van der Waals surface area (Å²) in [5.74, 6) is -1.86. The summed E-state index contributed by atoms with van der Waals surface area (Å²) in [6, 6.07) is 4.70. The third-order valence-corrected chi connectivity index (χ3v) is 4.93. The van der Waals surface area contributed by atoms with Gasteiger partial charge in [0.25, 0.3) is 5.91 Å². The molecule has 2 aromatic heterocycles. The zero-order valence-electron chi connectivity index (χ0n) is 20.8. The topological polar surface area (TPSA) is 164 Å². The number of aryl methyl sites for hydroxylation is 1. The largest absolute Gasteiger partial charge is 0.468 e. The number of nitrogens with zero attached hydrogens (tertiary/aromatic N) is 5. The molecule has 0 radical (unpaired) electrons. The molecule has 0 atom stereocenters.